The molecule has 0 unspecified atom stereocenters. The van der Waals surface area contributed by atoms with Gasteiger partial charge in [0.05, 0.1) is 16.2 Å². The Hall–Kier alpha value is -1.00. The van der Waals surface area contributed by atoms with E-state index in [0.29, 0.717) is 6.41 Å². The molecule has 1 amide bonds. The molecule has 82 valence electrons. The molecular formula is C11H15NO2S. The summed E-state index contributed by atoms with van der Waals surface area (Å²) in [4.78, 5) is 11.3. The van der Waals surface area contributed by atoms with Gasteiger partial charge in [0.25, 0.3) is 0 Å². The minimum absolute atomic E-state index is 0.209. The molecule has 4 heteroatoms. The van der Waals surface area contributed by atoms with Crippen LogP contribution in [0.1, 0.15) is 20.8 Å². The maximum absolute atomic E-state index is 10.4. The van der Waals surface area contributed by atoms with E-state index in [1.165, 1.54) is 12.0 Å². The summed E-state index contributed by atoms with van der Waals surface area (Å²) in [5, 5.41) is 2.63. The summed E-state index contributed by atoms with van der Waals surface area (Å²) in [6, 6.07) is 7.52. The van der Waals surface area contributed by atoms with E-state index in [1.54, 1.807) is 0 Å². The Balaban J connectivity index is 2.71. The monoisotopic (exact) mass is 225 g/mol. The molecule has 0 fully saturated rings. The minimum Gasteiger partial charge on any atom is -0.328 e. The highest BCUT2D eigenvalue weighted by atomic mass is 32.2. The molecule has 0 bridgehead atoms. The predicted molar refractivity (Wildman–Crippen MR) is 62.8 cm³/mol. The predicted octanol–water partition coefficient (Wildman–Crippen LogP) is 3.08. The lowest BCUT2D eigenvalue weighted by Crippen LogP contribution is -2.14. The fourth-order valence-corrected chi connectivity index (χ4v) is 1.58. The highest BCUT2D eigenvalue weighted by Gasteiger charge is 2.12. The van der Waals surface area contributed by atoms with E-state index >= 15 is 0 Å². The van der Waals surface area contributed by atoms with E-state index in [2.05, 4.69) is 5.32 Å². The molecular weight excluding hydrogens is 210 g/mol. The number of carbonyl (C=O) groups is 1. The topological polar surface area (TPSA) is 38.3 Å². The molecule has 1 aromatic rings. The fraction of sp³-hybridized carbons (Fsp3) is 0.364. The van der Waals surface area contributed by atoms with E-state index in [9.17, 15) is 4.79 Å². The molecule has 0 heterocycles. The van der Waals surface area contributed by atoms with Crippen LogP contribution in [0.15, 0.2) is 29.2 Å². The van der Waals surface area contributed by atoms with Crippen LogP contribution in [0, 0.1) is 0 Å². The molecule has 15 heavy (non-hydrogen) atoms. The molecule has 3 nitrogen and oxygen atoms in total. The van der Waals surface area contributed by atoms with E-state index in [4.69, 9.17) is 4.18 Å². The van der Waals surface area contributed by atoms with Gasteiger partial charge in [-0.3, -0.25) is 4.79 Å². The molecule has 0 atom stereocenters. The second-order valence-electron chi connectivity index (χ2n) is 4.04. The van der Waals surface area contributed by atoms with Crippen LogP contribution in [0.2, 0.25) is 0 Å². The lowest BCUT2D eigenvalue weighted by Gasteiger charge is -2.18. The van der Waals surface area contributed by atoms with Crippen molar-refractivity contribution in [2.75, 3.05) is 5.32 Å². The van der Waals surface area contributed by atoms with Crippen molar-refractivity contribution in [2.24, 2.45) is 0 Å². The van der Waals surface area contributed by atoms with Crippen molar-refractivity contribution in [3.8, 4) is 0 Å². The largest absolute Gasteiger partial charge is 0.328 e. The van der Waals surface area contributed by atoms with Crippen LogP contribution < -0.4 is 5.32 Å². The van der Waals surface area contributed by atoms with Crippen LogP contribution in [0.4, 0.5) is 5.69 Å². The Morgan fingerprint density at radius 3 is 2.60 bits per heavy atom. The van der Waals surface area contributed by atoms with E-state index in [1.807, 2.05) is 45.0 Å². The van der Waals surface area contributed by atoms with Gasteiger partial charge >= 0.3 is 0 Å². The molecule has 0 spiro atoms. The van der Waals surface area contributed by atoms with Crippen molar-refractivity contribution in [1.29, 1.82) is 0 Å². The van der Waals surface area contributed by atoms with Crippen LogP contribution in [0.25, 0.3) is 0 Å². The molecule has 0 aliphatic rings. The van der Waals surface area contributed by atoms with Gasteiger partial charge < -0.3 is 9.50 Å². The highest BCUT2D eigenvalue weighted by Crippen LogP contribution is 2.30. The van der Waals surface area contributed by atoms with Crippen molar-refractivity contribution in [3.05, 3.63) is 24.3 Å². The molecule has 0 aromatic heterocycles. The van der Waals surface area contributed by atoms with Gasteiger partial charge in [0.1, 0.15) is 0 Å². The Morgan fingerprint density at radius 2 is 2.00 bits per heavy atom. The standard InChI is InChI=1S/C11H15NO2S/c1-11(2,3)14-15-10-7-5-4-6-9(10)12-8-13/h4-8H,1-3H3,(H,12,13). The smallest absolute Gasteiger partial charge is 0.211 e. The number of hydrogen-bond acceptors (Lipinski definition) is 3. The third-order valence-corrected chi connectivity index (χ3v) is 2.60. The van der Waals surface area contributed by atoms with Crippen molar-refractivity contribution < 1.29 is 8.98 Å². The normalized spacial score (nSPS) is 11.1. The average molecular weight is 225 g/mol. The first kappa shape index (κ1) is 12.1. The molecule has 0 saturated carbocycles. The number of nitrogens with one attached hydrogen (secondary N) is 1. The molecule has 0 radical (unpaired) electrons. The van der Waals surface area contributed by atoms with Crippen LogP contribution in [-0.2, 0) is 8.98 Å². The van der Waals surface area contributed by atoms with Gasteiger partial charge in [-0.1, -0.05) is 12.1 Å². The summed E-state index contributed by atoms with van der Waals surface area (Å²) in [6.45, 7) is 5.95. The minimum atomic E-state index is -0.209. The number of rotatable bonds is 4. The molecule has 1 rings (SSSR count). The van der Waals surface area contributed by atoms with Gasteiger partial charge in [-0.2, -0.15) is 0 Å². The van der Waals surface area contributed by atoms with Gasteiger partial charge in [-0.15, -0.1) is 0 Å². The highest BCUT2D eigenvalue weighted by molar-refractivity contribution is 7.94. The van der Waals surface area contributed by atoms with Gasteiger partial charge in [-0.25, -0.2) is 0 Å². The number of para-hydroxylation sites is 1. The summed E-state index contributed by atoms with van der Waals surface area (Å²) in [5.41, 5.74) is 0.556. The Bertz CT molecular complexity index is 334. The average Bonchev–Trinajstić information content (AvgIpc) is 2.16. The lowest BCUT2D eigenvalue weighted by molar-refractivity contribution is -0.105. The second kappa shape index (κ2) is 5.19. The Kier molecular flexibility index (Phi) is 4.17. The first-order valence-corrected chi connectivity index (χ1v) is 5.42. The number of carbonyl (C=O) groups excluding carboxylic acids is 1. The van der Waals surface area contributed by atoms with Crippen LogP contribution in [-0.4, -0.2) is 12.0 Å². The Morgan fingerprint density at radius 1 is 1.33 bits per heavy atom. The van der Waals surface area contributed by atoms with E-state index in [-0.39, 0.29) is 5.60 Å². The maximum Gasteiger partial charge on any atom is 0.211 e. The van der Waals surface area contributed by atoms with Crippen LogP contribution >= 0.6 is 12.0 Å². The zero-order valence-corrected chi connectivity index (χ0v) is 9.93. The molecule has 1 aromatic carbocycles. The first-order chi connectivity index (χ1) is 7.03. The Labute approximate surface area is 94.4 Å². The van der Waals surface area contributed by atoms with E-state index < -0.39 is 0 Å². The summed E-state index contributed by atoms with van der Waals surface area (Å²) in [6.07, 6.45) is 0.663. The molecule has 0 aliphatic carbocycles. The third-order valence-electron chi connectivity index (χ3n) is 1.48. The molecule has 0 aliphatic heterocycles. The summed E-state index contributed by atoms with van der Waals surface area (Å²) in [5.74, 6) is 0. The lowest BCUT2D eigenvalue weighted by atomic mass is 10.2. The van der Waals surface area contributed by atoms with Gasteiger partial charge in [0.2, 0.25) is 6.41 Å². The zero-order chi connectivity index (χ0) is 11.3. The summed E-state index contributed by atoms with van der Waals surface area (Å²) < 4.78 is 5.56. The SMILES string of the molecule is CC(C)(C)OSc1ccccc1NC=O. The zero-order valence-electron chi connectivity index (χ0n) is 9.11. The van der Waals surface area contributed by atoms with Crippen LogP contribution in [0.3, 0.4) is 0 Å². The summed E-state index contributed by atoms with van der Waals surface area (Å²) >= 11 is 1.27. The number of amides is 1. The number of anilines is 1. The van der Waals surface area contributed by atoms with Gasteiger partial charge in [-0.05, 0) is 32.9 Å². The fourth-order valence-electron chi connectivity index (χ4n) is 0.892. The van der Waals surface area contributed by atoms with Crippen molar-refractivity contribution in [2.45, 2.75) is 31.3 Å². The summed E-state index contributed by atoms with van der Waals surface area (Å²) in [7, 11) is 0. The van der Waals surface area contributed by atoms with Crippen LogP contribution in [0.5, 0.6) is 0 Å². The maximum atomic E-state index is 10.4. The molecule has 0 saturated heterocycles. The van der Waals surface area contributed by atoms with E-state index in [0.717, 1.165) is 10.6 Å². The quantitative estimate of drug-likeness (QED) is 0.632. The second-order valence-corrected chi connectivity index (χ2v) is 4.81. The number of benzene rings is 1. The van der Waals surface area contributed by atoms with Gasteiger partial charge in [0.15, 0.2) is 0 Å². The molecule has 1 N–H and O–H groups in total. The number of hydrogen-bond donors (Lipinski definition) is 1. The third kappa shape index (κ3) is 4.36. The van der Waals surface area contributed by atoms with Gasteiger partial charge in [0, 0.05) is 12.0 Å². The van der Waals surface area contributed by atoms with Crippen molar-refractivity contribution in [3.63, 3.8) is 0 Å². The van der Waals surface area contributed by atoms with Crippen molar-refractivity contribution >= 4 is 24.1 Å². The van der Waals surface area contributed by atoms with Crippen molar-refractivity contribution in [1.82, 2.24) is 0 Å². The first-order valence-electron chi connectivity index (χ1n) is 4.68.